The first-order valence-electron chi connectivity index (χ1n) is 8.92. The Hall–Kier alpha value is -3.67. The lowest BCUT2D eigenvalue weighted by Gasteiger charge is -2.14. The van der Waals surface area contributed by atoms with E-state index in [1.807, 2.05) is 54.9 Å². The largest absolute Gasteiger partial charge is 0.368 e. The zero-order valence-electron chi connectivity index (χ0n) is 15.8. The zero-order valence-corrected chi connectivity index (χ0v) is 15.8. The van der Waals surface area contributed by atoms with E-state index < -0.39 is 17.9 Å². The third-order valence-electron chi connectivity index (χ3n) is 4.45. The fraction of sp³-hybridized carbons (Fsp3) is 0.136. The molecular weight excluding hydrogens is 352 g/mol. The predicted molar refractivity (Wildman–Crippen MR) is 109 cm³/mol. The molecule has 6 heteroatoms. The van der Waals surface area contributed by atoms with Gasteiger partial charge in [0.2, 0.25) is 11.8 Å². The van der Waals surface area contributed by atoms with E-state index in [1.165, 1.54) is 6.08 Å². The summed E-state index contributed by atoms with van der Waals surface area (Å²) in [4.78, 5) is 24.1. The molecule has 2 aromatic carbocycles. The molecule has 0 saturated heterocycles. The van der Waals surface area contributed by atoms with Crippen LogP contribution in [0.1, 0.15) is 28.6 Å². The van der Waals surface area contributed by atoms with Crippen LogP contribution in [0.2, 0.25) is 0 Å². The Labute approximate surface area is 163 Å². The van der Waals surface area contributed by atoms with E-state index in [-0.39, 0.29) is 0 Å². The Morgan fingerprint density at radius 1 is 1.04 bits per heavy atom. The third-order valence-corrected chi connectivity index (χ3v) is 4.45. The van der Waals surface area contributed by atoms with E-state index >= 15 is 0 Å². The molecule has 6 nitrogen and oxygen atoms in total. The first-order chi connectivity index (χ1) is 13.5. The molecule has 3 aromatic rings. The van der Waals surface area contributed by atoms with Gasteiger partial charge in [-0.2, -0.15) is 5.10 Å². The first-order valence-corrected chi connectivity index (χ1v) is 8.92. The van der Waals surface area contributed by atoms with Gasteiger partial charge < -0.3 is 11.1 Å². The number of carbonyl (C=O) groups excluding carboxylic acids is 2. The Kier molecular flexibility index (Phi) is 5.69. The molecule has 1 unspecified atom stereocenters. The van der Waals surface area contributed by atoms with Crippen LogP contribution in [0.5, 0.6) is 0 Å². The summed E-state index contributed by atoms with van der Waals surface area (Å²) in [5.41, 5.74) is 9.62. The van der Waals surface area contributed by atoms with E-state index in [0.717, 1.165) is 22.6 Å². The van der Waals surface area contributed by atoms with Gasteiger partial charge in [0, 0.05) is 17.3 Å². The minimum absolute atomic E-state index is 0.404. The van der Waals surface area contributed by atoms with Crippen molar-refractivity contribution in [1.82, 2.24) is 15.1 Å². The second-order valence-electron chi connectivity index (χ2n) is 6.42. The summed E-state index contributed by atoms with van der Waals surface area (Å²) < 4.78 is 1.84. The van der Waals surface area contributed by atoms with Gasteiger partial charge in [0.05, 0.1) is 11.4 Å². The molecule has 2 amide bonds. The molecule has 3 N–H and O–H groups in total. The number of rotatable bonds is 6. The summed E-state index contributed by atoms with van der Waals surface area (Å²) >= 11 is 0. The number of nitrogens with one attached hydrogen (secondary N) is 1. The van der Waals surface area contributed by atoms with Crippen LogP contribution in [-0.2, 0) is 9.59 Å². The average Bonchev–Trinajstić information content (AvgIpc) is 2.99. The van der Waals surface area contributed by atoms with Gasteiger partial charge in [-0.15, -0.1) is 0 Å². The molecule has 28 heavy (non-hydrogen) atoms. The minimum Gasteiger partial charge on any atom is -0.368 e. The number of nitrogens with two attached hydrogens (primary N) is 1. The molecule has 1 atom stereocenters. The highest BCUT2D eigenvalue weighted by atomic mass is 16.2. The lowest BCUT2D eigenvalue weighted by atomic mass is 10.1. The molecule has 1 aromatic heterocycles. The van der Waals surface area contributed by atoms with Crippen molar-refractivity contribution in [3.63, 3.8) is 0 Å². The molecule has 3 rings (SSSR count). The van der Waals surface area contributed by atoms with Gasteiger partial charge in [0.1, 0.15) is 6.04 Å². The number of hydrogen-bond acceptors (Lipinski definition) is 3. The number of hydrogen-bond donors (Lipinski definition) is 2. The van der Waals surface area contributed by atoms with Gasteiger partial charge in [-0.05, 0) is 37.6 Å². The summed E-state index contributed by atoms with van der Waals surface area (Å²) in [6.07, 6.45) is 3.10. The number of carbonyl (C=O) groups is 2. The molecular formula is C22H22N4O2. The van der Waals surface area contributed by atoms with Crippen LogP contribution >= 0.6 is 0 Å². The number of nitrogens with zero attached hydrogens (tertiary/aromatic N) is 2. The standard InChI is InChI=1S/C22H22N4O2/c1-15-19(16(2)26(25-15)18-11-7-4-8-12-18)13-14-20(27)24-21(22(23)28)17-9-5-3-6-10-17/h3-14,21H,1-2H3,(H2,23,28)(H,24,27)/b14-13+. The van der Waals surface area contributed by atoms with Crippen molar-refractivity contribution in [2.24, 2.45) is 5.73 Å². The second-order valence-corrected chi connectivity index (χ2v) is 6.42. The molecule has 0 radical (unpaired) electrons. The average molecular weight is 374 g/mol. The Balaban J connectivity index is 1.79. The predicted octanol–water partition coefficient (Wildman–Crippen LogP) is 2.85. The maximum atomic E-state index is 12.4. The van der Waals surface area contributed by atoms with Gasteiger partial charge in [0.15, 0.2) is 0 Å². The SMILES string of the molecule is Cc1nn(-c2ccccc2)c(C)c1/C=C/C(=O)NC(C(N)=O)c1ccccc1. The summed E-state index contributed by atoms with van der Waals surface area (Å²) in [5.74, 6) is -1.02. The third kappa shape index (κ3) is 4.17. The number of para-hydroxylation sites is 1. The fourth-order valence-corrected chi connectivity index (χ4v) is 3.03. The Morgan fingerprint density at radius 3 is 2.25 bits per heavy atom. The molecule has 0 fully saturated rings. The maximum absolute atomic E-state index is 12.4. The summed E-state index contributed by atoms with van der Waals surface area (Å²) in [7, 11) is 0. The van der Waals surface area contributed by atoms with E-state index in [0.29, 0.717) is 5.56 Å². The smallest absolute Gasteiger partial charge is 0.244 e. The van der Waals surface area contributed by atoms with Crippen LogP contribution in [0, 0.1) is 13.8 Å². The maximum Gasteiger partial charge on any atom is 0.244 e. The van der Waals surface area contributed by atoms with Crippen molar-refractivity contribution in [3.8, 4) is 5.69 Å². The number of benzene rings is 2. The molecule has 0 aliphatic rings. The molecule has 0 saturated carbocycles. The first kappa shape index (κ1) is 19.1. The highest BCUT2D eigenvalue weighted by Gasteiger charge is 2.19. The van der Waals surface area contributed by atoms with Crippen LogP contribution in [0.3, 0.4) is 0 Å². The molecule has 0 spiro atoms. The summed E-state index contributed by atoms with van der Waals surface area (Å²) in [6, 6.07) is 17.8. The molecule has 142 valence electrons. The fourth-order valence-electron chi connectivity index (χ4n) is 3.03. The van der Waals surface area contributed by atoms with Crippen molar-refractivity contribution in [1.29, 1.82) is 0 Å². The van der Waals surface area contributed by atoms with Gasteiger partial charge in [-0.3, -0.25) is 9.59 Å². The van der Waals surface area contributed by atoms with Crippen molar-refractivity contribution >= 4 is 17.9 Å². The van der Waals surface area contributed by atoms with Crippen LogP contribution < -0.4 is 11.1 Å². The van der Waals surface area contributed by atoms with Gasteiger partial charge in [0.25, 0.3) is 0 Å². The lowest BCUT2D eigenvalue weighted by Crippen LogP contribution is -2.36. The normalized spacial score (nSPS) is 12.1. The van der Waals surface area contributed by atoms with Crippen molar-refractivity contribution in [3.05, 3.63) is 89.3 Å². The number of primary amides is 1. The van der Waals surface area contributed by atoms with E-state index in [1.54, 1.807) is 30.3 Å². The Bertz CT molecular complexity index is 1010. The number of aryl methyl sites for hydroxylation is 1. The van der Waals surface area contributed by atoms with E-state index in [2.05, 4.69) is 10.4 Å². The molecule has 0 aliphatic carbocycles. The van der Waals surface area contributed by atoms with Crippen LogP contribution in [0.25, 0.3) is 11.8 Å². The van der Waals surface area contributed by atoms with Gasteiger partial charge in [-0.25, -0.2) is 4.68 Å². The van der Waals surface area contributed by atoms with E-state index in [4.69, 9.17) is 5.73 Å². The van der Waals surface area contributed by atoms with Crippen LogP contribution in [0.15, 0.2) is 66.7 Å². The molecule has 1 heterocycles. The van der Waals surface area contributed by atoms with Gasteiger partial charge >= 0.3 is 0 Å². The van der Waals surface area contributed by atoms with Crippen LogP contribution in [-0.4, -0.2) is 21.6 Å². The summed E-state index contributed by atoms with van der Waals surface area (Å²) in [5, 5.41) is 7.21. The van der Waals surface area contributed by atoms with E-state index in [9.17, 15) is 9.59 Å². The van der Waals surface area contributed by atoms with Crippen molar-refractivity contribution in [2.75, 3.05) is 0 Å². The van der Waals surface area contributed by atoms with Crippen molar-refractivity contribution < 1.29 is 9.59 Å². The highest BCUT2D eigenvalue weighted by Crippen LogP contribution is 2.19. The monoisotopic (exact) mass is 374 g/mol. The molecule has 0 bridgehead atoms. The second kappa shape index (κ2) is 8.35. The van der Waals surface area contributed by atoms with Gasteiger partial charge in [-0.1, -0.05) is 48.5 Å². The van der Waals surface area contributed by atoms with Crippen molar-refractivity contribution in [2.45, 2.75) is 19.9 Å². The Morgan fingerprint density at radius 2 is 1.64 bits per heavy atom. The minimum atomic E-state index is -0.882. The number of aromatic nitrogens is 2. The summed E-state index contributed by atoms with van der Waals surface area (Å²) in [6.45, 7) is 3.83. The van der Waals surface area contributed by atoms with Crippen LogP contribution in [0.4, 0.5) is 0 Å². The number of amides is 2. The molecule has 0 aliphatic heterocycles. The topological polar surface area (TPSA) is 90.0 Å². The lowest BCUT2D eigenvalue weighted by molar-refractivity contribution is -0.125. The highest BCUT2D eigenvalue weighted by molar-refractivity contribution is 5.95. The zero-order chi connectivity index (χ0) is 20.1. The quantitative estimate of drug-likeness (QED) is 0.650.